The van der Waals surface area contributed by atoms with Crippen molar-refractivity contribution in [2.24, 2.45) is 0 Å². The van der Waals surface area contributed by atoms with E-state index >= 15 is 0 Å². The summed E-state index contributed by atoms with van der Waals surface area (Å²) in [6.07, 6.45) is 4.38. The number of nitrogens with zero attached hydrogens (tertiary/aromatic N) is 3. The fourth-order valence-corrected chi connectivity index (χ4v) is 3.98. The molecule has 6 nitrogen and oxygen atoms in total. The lowest BCUT2D eigenvalue weighted by Gasteiger charge is -2.48. The van der Waals surface area contributed by atoms with Crippen molar-refractivity contribution in [1.29, 1.82) is 0 Å². The first-order valence-electron chi connectivity index (χ1n) is 8.38. The topological polar surface area (TPSA) is 56.1 Å². The first kappa shape index (κ1) is 15.6. The molecular formula is C18H23N3O3. The van der Waals surface area contributed by atoms with Crippen LogP contribution in [0.1, 0.15) is 36.3 Å². The van der Waals surface area contributed by atoms with E-state index in [0.717, 1.165) is 17.6 Å². The molecule has 2 aliphatic rings. The molecule has 0 saturated carbocycles. The summed E-state index contributed by atoms with van der Waals surface area (Å²) in [4.78, 5) is 19.3. The molecule has 0 aromatic carbocycles. The summed E-state index contributed by atoms with van der Waals surface area (Å²) in [5.74, 6) is 0.0470. The van der Waals surface area contributed by atoms with Crippen LogP contribution in [0.2, 0.25) is 0 Å². The van der Waals surface area contributed by atoms with Crippen LogP contribution in [0, 0.1) is 6.92 Å². The minimum Gasteiger partial charge on any atom is -0.378 e. The second-order valence-corrected chi connectivity index (χ2v) is 7.53. The van der Waals surface area contributed by atoms with E-state index in [-0.39, 0.29) is 17.1 Å². The lowest BCUT2D eigenvalue weighted by atomic mass is 9.94. The Labute approximate surface area is 141 Å². The number of amides is 1. The molecule has 2 aromatic rings. The van der Waals surface area contributed by atoms with Gasteiger partial charge in [-0.2, -0.15) is 0 Å². The maximum Gasteiger partial charge on any atom is 0.255 e. The third kappa shape index (κ3) is 2.50. The van der Waals surface area contributed by atoms with Crippen molar-refractivity contribution in [2.75, 3.05) is 26.3 Å². The molecule has 0 N–H and O–H groups in total. The Morgan fingerprint density at radius 1 is 1.29 bits per heavy atom. The van der Waals surface area contributed by atoms with Gasteiger partial charge in [0.1, 0.15) is 5.60 Å². The highest BCUT2D eigenvalue weighted by atomic mass is 16.6. The Bertz CT molecular complexity index is 790. The van der Waals surface area contributed by atoms with Gasteiger partial charge in [0.25, 0.3) is 5.91 Å². The molecule has 2 aromatic heterocycles. The molecule has 1 unspecified atom stereocenters. The number of hydrogen-bond acceptors (Lipinski definition) is 4. The number of rotatable bonds is 1. The van der Waals surface area contributed by atoms with E-state index in [1.165, 1.54) is 0 Å². The van der Waals surface area contributed by atoms with Gasteiger partial charge >= 0.3 is 0 Å². The Morgan fingerprint density at radius 2 is 2.12 bits per heavy atom. The smallest absolute Gasteiger partial charge is 0.255 e. The molecule has 2 fully saturated rings. The minimum atomic E-state index is -0.380. The van der Waals surface area contributed by atoms with Gasteiger partial charge in [0.05, 0.1) is 42.4 Å². The van der Waals surface area contributed by atoms with Crippen molar-refractivity contribution >= 4 is 11.4 Å². The van der Waals surface area contributed by atoms with Gasteiger partial charge in [0, 0.05) is 25.3 Å². The van der Waals surface area contributed by atoms with Crippen LogP contribution in [-0.2, 0) is 9.47 Å². The zero-order valence-electron chi connectivity index (χ0n) is 14.4. The van der Waals surface area contributed by atoms with Gasteiger partial charge in [-0.25, -0.2) is 4.98 Å². The molecule has 0 radical (unpaired) electrons. The molecule has 0 bridgehead atoms. The number of morpholine rings is 1. The monoisotopic (exact) mass is 329 g/mol. The average molecular weight is 329 g/mol. The van der Waals surface area contributed by atoms with Crippen molar-refractivity contribution in [3.05, 3.63) is 35.9 Å². The van der Waals surface area contributed by atoms with Crippen molar-refractivity contribution in [3.8, 4) is 0 Å². The maximum atomic E-state index is 13.2. The lowest BCUT2D eigenvalue weighted by Crippen LogP contribution is -2.61. The van der Waals surface area contributed by atoms with Crippen LogP contribution < -0.4 is 0 Å². The van der Waals surface area contributed by atoms with Crippen molar-refractivity contribution in [1.82, 2.24) is 14.3 Å². The van der Waals surface area contributed by atoms with Gasteiger partial charge < -0.3 is 18.8 Å². The molecule has 2 aliphatic heterocycles. The Morgan fingerprint density at radius 3 is 2.88 bits per heavy atom. The van der Waals surface area contributed by atoms with E-state index in [1.807, 2.05) is 42.2 Å². The van der Waals surface area contributed by atoms with E-state index in [4.69, 9.17) is 9.47 Å². The summed E-state index contributed by atoms with van der Waals surface area (Å²) in [5, 5.41) is 0. The lowest BCUT2D eigenvalue weighted by molar-refractivity contribution is -0.186. The van der Waals surface area contributed by atoms with Gasteiger partial charge in [-0.1, -0.05) is 0 Å². The highest BCUT2D eigenvalue weighted by Crippen LogP contribution is 2.35. The van der Waals surface area contributed by atoms with Crippen LogP contribution in [-0.4, -0.2) is 57.7 Å². The Balaban J connectivity index is 1.68. The minimum absolute atomic E-state index is 0.0470. The van der Waals surface area contributed by atoms with E-state index in [0.29, 0.717) is 31.9 Å². The number of ether oxygens (including phenoxy) is 2. The Hall–Kier alpha value is -1.92. The second kappa shape index (κ2) is 5.29. The summed E-state index contributed by atoms with van der Waals surface area (Å²) in [6, 6.07) is 3.84. The van der Waals surface area contributed by atoms with E-state index in [9.17, 15) is 4.79 Å². The summed E-state index contributed by atoms with van der Waals surface area (Å²) in [7, 11) is 0. The SMILES string of the molecule is Cc1c(C(=O)N2CC(C)(C)OC3(CCOC3)C2)ccc2cncn12. The highest BCUT2D eigenvalue weighted by Gasteiger charge is 2.48. The Kier molecular flexibility index (Phi) is 3.44. The normalized spacial score (nSPS) is 26.4. The van der Waals surface area contributed by atoms with Crippen LogP contribution in [0.5, 0.6) is 0 Å². The third-order valence-corrected chi connectivity index (χ3v) is 4.97. The molecule has 2 saturated heterocycles. The van der Waals surface area contributed by atoms with E-state index in [1.54, 1.807) is 12.5 Å². The van der Waals surface area contributed by atoms with Crippen LogP contribution in [0.15, 0.2) is 24.7 Å². The van der Waals surface area contributed by atoms with Crippen molar-refractivity contribution in [3.63, 3.8) is 0 Å². The first-order valence-corrected chi connectivity index (χ1v) is 8.38. The number of imidazole rings is 1. The molecule has 0 aliphatic carbocycles. The quantitative estimate of drug-likeness (QED) is 0.803. The number of fused-ring (bicyclic) bond motifs is 1. The zero-order valence-corrected chi connectivity index (χ0v) is 14.4. The first-order chi connectivity index (χ1) is 11.4. The van der Waals surface area contributed by atoms with Gasteiger partial charge in [0.2, 0.25) is 0 Å². The van der Waals surface area contributed by atoms with Crippen LogP contribution >= 0.6 is 0 Å². The van der Waals surface area contributed by atoms with Crippen molar-refractivity contribution in [2.45, 2.75) is 38.4 Å². The molecule has 128 valence electrons. The average Bonchev–Trinajstić information content (AvgIpc) is 3.15. The highest BCUT2D eigenvalue weighted by molar-refractivity contribution is 5.96. The molecule has 1 spiro atoms. The van der Waals surface area contributed by atoms with Gasteiger partial charge in [-0.15, -0.1) is 0 Å². The van der Waals surface area contributed by atoms with E-state index < -0.39 is 0 Å². The van der Waals surface area contributed by atoms with Gasteiger partial charge in [-0.05, 0) is 32.9 Å². The summed E-state index contributed by atoms with van der Waals surface area (Å²) in [6.45, 7) is 8.45. The van der Waals surface area contributed by atoms with Crippen LogP contribution in [0.4, 0.5) is 0 Å². The van der Waals surface area contributed by atoms with Crippen LogP contribution in [0.25, 0.3) is 5.52 Å². The standard InChI is InChI=1S/C18H23N3O3/c1-13-15(5-4-14-8-19-12-21(13)14)16(22)20-9-17(2,3)24-18(10-20)6-7-23-11-18/h4-5,8,12H,6-7,9-11H2,1-3H3. The summed E-state index contributed by atoms with van der Waals surface area (Å²) in [5.41, 5.74) is 1.87. The molecule has 4 heterocycles. The number of hydrogen-bond donors (Lipinski definition) is 0. The van der Waals surface area contributed by atoms with E-state index in [2.05, 4.69) is 4.98 Å². The number of carbonyl (C=O) groups is 1. The molecule has 24 heavy (non-hydrogen) atoms. The van der Waals surface area contributed by atoms with Gasteiger partial charge in [0.15, 0.2) is 0 Å². The molecule has 1 atom stereocenters. The molecular weight excluding hydrogens is 306 g/mol. The summed E-state index contributed by atoms with van der Waals surface area (Å²) < 4.78 is 13.8. The number of pyridine rings is 1. The van der Waals surface area contributed by atoms with Crippen LogP contribution in [0.3, 0.4) is 0 Å². The maximum absolute atomic E-state index is 13.2. The summed E-state index contributed by atoms with van der Waals surface area (Å²) >= 11 is 0. The molecule has 6 heteroatoms. The van der Waals surface area contributed by atoms with Crippen molar-refractivity contribution < 1.29 is 14.3 Å². The third-order valence-electron chi connectivity index (χ3n) is 4.97. The number of carbonyl (C=O) groups excluding carboxylic acids is 1. The molecule has 1 amide bonds. The van der Waals surface area contributed by atoms with Gasteiger partial charge in [-0.3, -0.25) is 4.79 Å². The fraction of sp³-hybridized carbons (Fsp3) is 0.556. The zero-order chi connectivity index (χ0) is 16.9. The predicted octanol–water partition coefficient (Wildman–Crippen LogP) is 2.05. The molecule has 4 rings (SSSR count). The second-order valence-electron chi connectivity index (χ2n) is 7.53. The number of aromatic nitrogens is 2. The largest absolute Gasteiger partial charge is 0.378 e. The fourth-order valence-electron chi connectivity index (χ4n) is 3.98. The predicted molar refractivity (Wildman–Crippen MR) is 89.2 cm³/mol. The number of aryl methyl sites for hydroxylation is 1.